The molecule has 110 valence electrons. The summed E-state index contributed by atoms with van der Waals surface area (Å²) in [5.41, 5.74) is 0. The summed E-state index contributed by atoms with van der Waals surface area (Å²) in [6, 6.07) is -0.782. The molecule has 1 aliphatic heterocycles. The molecule has 1 heterocycles. The number of ether oxygens (including phenoxy) is 1. The van der Waals surface area contributed by atoms with E-state index in [0.717, 1.165) is 6.42 Å². The van der Waals surface area contributed by atoms with Crippen LogP contribution in [0.1, 0.15) is 34.1 Å². The van der Waals surface area contributed by atoms with E-state index in [1.165, 1.54) is 0 Å². The number of nitrogens with zero attached hydrogens (tertiary/aromatic N) is 1. The number of methoxy groups -OCH3 is 1. The minimum absolute atomic E-state index is 0.0319. The van der Waals surface area contributed by atoms with E-state index in [1.54, 1.807) is 18.9 Å². The standard InChI is InChI=1S/C14H26N2O3/c1-6-10(3)12-14(18)16(7-9(2)8-19-5)11(4)13(17)15-12/h9-12H,6-8H2,1-5H3,(H,15,17). The Bertz CT molecular complexity index is 333. The molecule has 1 saturated heterocycles. The first-order valence-corrected chi connectivity index (χ1v) is 7.02. The minimum Gasteiger partial charge on any atom is -0.384 e. The number of nitrogens with one attached hydrogen (secondary N) is 1. The normalized spacial score (nSPS) is 27.1. The van der Waals surface area contributed by atoms with E-state index in [0.29, 0.717) is 13.2 Å². The molecule has 0 saturated carbocycles. The van der Waals surface area contributed by atoms with Crippen LogP contribution in [0.5, 0.6) is 0 Å². The summed E-state index contributed by atoms with van der Waals surface area (Å²) in [7, 11) is 1.65. The van der Waals surface area contributed by atoms with Crippen molar-refractivity contribution in [1.82, 2.24) is 10.2 Å². The van der Waals surface area contributed by atoms with Crippen molar-refractivity contribution >= 4 is 11.8 Å². The van der Waals surface area contributed by atoms with Crippen molar-refractivity contribution in [2.75, 3.05) is 20.3 Å². The number of amides is 2. The highest BCUT2D eigenvalue weighted by atomic mass is 16.5. The van der Waals surface area contributed by atoms with E-state index >= 15 is 0 Å². The van der Waals surface area contributed by atoms with Gasteiger partial charge in [-0.3, -0.25) is 9.59 Å². The van der Waals surface area contributed by atoms with Crippen LogP contribution in [0.2, 0.25) is 0 Å². The van der Waals surface area contributed by atoms with E-state index in [4.69, 9.17) is 4.74 Å². The molecule has 0 aromatic heterocycles. The molecular formula is C14H26N2O3. The summed E-state index contributed by atoms with van der Waals surface area (Å²) in [5.74, 6) is 0.350. The molecule has 0 aliphatic carbocycles. The predicted molar refractivity (Wildman–Crippen MR) is 73.6 cm³/mol. The van der Waals surface area contributed by atoms with Crippen molar-refractivity contribution in [1.29, 1.82) is 0 Å². The maximum absolute atomic E-state index is 12.5. The first kappa shape index (κ1) is 16.0. The van der Waals surface area contributed by atoms with Gasteiger partial charge in [-0.05, 0) is 18.8 Å². The third-order valence-corrected chi connectivity index (χ3v) is 3.87. The topological polar surface area (TPSA) is 58.6 Å². The van der Waals surface area contributed by atoms with Crippen LogP contribution in [0.4, 0.5) is 0 Å². The molecule has 1 N–H and O–H groups in total. The first-order valence-electron chi connectivity index (χ1n) is 7.02. The highest BCUT2D eigenvalue weighted by Gasteiger charge is 2.40. The molecule has 0 aromatic rings. The van der Waals surface area contributed by atoms with Crippen molar-refractivity contribution < 1.29 is 14.3 Å². The van der Waals surface area contributed by atoms with E-state index < -0.39 is 6.04 Å². The van der Waals surface area contributed by atoms with E-state index in [9.17, 15) is 9.59 Å². The maximum Gasteiger partial charge on any atom is 0.246 e. The lowest BCUT2D eigenvalue weighted by Crippen LogP contribution is -2.64. The lowest BCUT2D eigenvalue weighted by Gasteiger charge is -2.40. The first-order chi connectivity index (χ1) is 8.92. The molecule has 4 unspecified atom stereocenters. The largest absolute Gasteiger partial charge is 0.384 e. The summed E-state index contributed by atoms with van der Waals surface area (Å²) in [6.45, 7) is 8.98. The number of carbonyl (C=O) groups is 2. The van der Waals surface area contributed by atoms with Crippen molar-refractivity contribution in [3.8, 4) is 0 Å². The summed E-state index contributed by atoms with van der Waals surface area (Å²) < 4.78 is 5.10. The van der Waals surface area contributed by atoms with Gasteiger partial charge < -0.3 is 15.0 Å². The van der Waals surface area contributed by atoms with Crippen LogP contribution in [0.3, 0.4) is 0 Å². The van der Waals surface area contributed by atoms with Crippen molar-refractivity contribution in [3.63, 3.8) is 0 Å². The maximum atomic E-state index is 12.5. The summed E-state index contributed by atoms with van der Waals surface area (Å²) in [4.78, 5) is 26.2. The molecular weight excluding hydrogens is 244 g/mol. The Kier molecular flexibility index (Phi) is 5.79. The van der Waals surface area contributed by atoms with Gasteiger partial charge in [0.2, 0.25) is 11.8 Å². The van der Waals surface area contributed by atoms with Gasteiger partial charge >= 0.3 is 0 Å². The van der Waals surface area contributed by atoms with Crippen LogP contribution < -0.4 is 5.32 Å². The van der Waals surface area contributed by atoms with Gasteiger partial charge in [0.05, 0.1) is 6.61 Å². The number of carbonyl (C=O) groups excluding carboxylic acids is 2. The third kappa shape index (κ3) is 3.69. The van der Waals surface area contributed by atoms with Gasteiger partial charge in [-0.1, -0.05) is 27.2 Å². The van der Waals surface area contributed by atoms with Crippen LogP contribution >= 0.6 is 0 Å². The van der Waals surface area contributed by atoms with Gasteiger partial charge in [-0.2, -0.15) is 0 Å². The van der Waals surface area contributed by atoms with Crippen LogP contribution in [0, 0.1) is 11.8 Å². The van der Waals surface area contributed by atoms with E-state index in [1.807, 2.05) is 20.8 Å². The molecule has 1 aliphatic rings. The Morgan fingerprint density at radius 3 is 2.53 bits per heavy atom. The van der Waals surface area contributed by atoms with Gasteiger partial charge in [0.25, 0.3) is 0 Å². The van der Waals surface area contributed by atoms with Gasteiger partial charge in [-0.15, -0.1) is 0 Å². The van der Waals surface area contributed by atoms with E-state index in [-0.39, 0.29) is 29.7 Å². The van der Waals surface area contributed by atoms with E-state index in [2.05, 4.69) is 5.32 Å². The highest BCUT2D eigenvalue weighted by Crippen LogP contribution is 2.19. The molecule has 1 fully saturated rings. The molecule has 0 spiro atoms. The fraction of sp³-hybridized carbons (Fsp3) is 0.857. The molecule has 4 atom stereocenters. The lowest BCUT2D eigenvalue weighted by atomic mass is 9.94. The molecule has 2 amide bonds. The summed E-state index contributed by atoms with van der Waals surface area (Å²) in [6.07, 6.45) is 0.868. The average Bonchev–Trinajstić information content (AvgIpc) is 2.38. The lowest BCUT2D eigenvalue weighted by molar-refractivity contribution is -0.151. The molecule has 0 bridgehead atoms. The van der Waals surface area contributed by atoms with Crippen LogP contribution in [-0.4, -0.2) is 49.1 Å². The summed E-state index contributed by atoms with van der Waals surface area (Å²) in [5, 5.41) is 2.84. The van der Waals surface area contributed by atoms with Gasteiger partial charge in [-0.25, -0.2) is 0 Å². The summed E-state index contributed by atoms with van der Waals surface area (Å²) >= 11 is 0. The Balaban J connectivity index is 2.81. The zero-order valence-electron chi connectivity index (χ0n) is 12.6. The second-order valence-corrected chi connectivity index (χ2v) is 5.60. The Morgan fingerprint density at radius 1 is 1.37 bits per heavy atom. The van der Waals surface area contributed by atoms with Crippen molar-refractivity contribution in [3.05, 3.63) is 0 Å². The Labute approximate surface area is 115 Å². The number of hydrogen-bond acceptors (Lipinski definition) is 3. The smallest absolute Gasteiger partial charge is 0.246 e. The number of rotatable bonds is 6. The number of piperazine rings is 1. The third-order valence-electron chi connectivity index (χ3n) is 3.87. The fourth-order valence-corrected chi connectivity index (χ4v) is 2.39. The SMILES string of the molecule is CCC(C)C1NC(=O)C(C)N(CC(C)COC)C1=O. The van der Waals surface area contributed by atoms with Crippen LogP contribution in [0.25, 0.3) is 0 Å². The molecule has 5 heteroatoms. The predicted octanol–water partition coefficient (Wildman–Crippen LogP) is 1.03. The minimum atomic E-state index is -0.396. The number of hydrogen-bond donors (Lipinski definition) is 1. The molecule has 19 heavy (non-hydrogen) atoms. The Hall–Kier alpha value is -1.10. The highest BCUT2D eigenvalue weighted by molar-refractivity contribution is 5.96. The van der Waals surface area contributed by atoms with Crippen molar-refractivity contribution in [2.24, 2.45) is 11.8 Å². The molecule has 0 aromatic carbocycles. The molecule has 1 rings (SSSR count). The second kappa shape index (κ2) is 6.89. The zero-order chi connectivity index (χ0) is 14.6. The monoisotopic (exact) mass is 270 g/mol. The van der Waals surface area contributed by atoms with Gasteiger partial charge in [0.15, 0.2) is 0 Å². The second-order valence-electron chi connectivity index (χ2n) is 5.60. The van der Waals surface area contributed by atoms with Crippen LogP contribution in [-0.2, 0) is 14.3 Å². The van der Waals surface area contributed by atoms with Gasteiger partial charge in [0.1, 0.15) is 12.1 Å². The van der Waals surface area contributed by atoms with Gasteiger partial charge in [0, 0.05) is 13.7 Å². The quantitative estimate of drug-likeness (QED) is 0.784. The fourth-order valence-electron chi connectivity index (χ4n) is 2.39. The Morgan fingerprint density at radius 2 is 2.00 bits per heavy atom. The average molecular weight is 270 g/mol. The van der Waals surface area contributed by atoms with Crippen LogP contribution in [0.15, 0.2) is 0 Å². The zero-order valence-corrected chi connectivity index (χ0v) is 12.6. The van der Waals surface area contributed by atoms with Crippen molar-refractivity contribution in [2.45, 2.75) is 46.2 Å². The molecule has 5 nitrogen and oxygen atoms in total. The molecule has 0 radical (unpaired) electrons.